The molecule has 0 unspecified atom stereocenters. The molecule has 0 radical (unpaired) electrons. The molecule has 2 nitrogen and oxygen atoms in total. The van der Waals surface area contributed by atoms with Gasteiger partial charge in [-0.2, -0.15) is 0 Å². The Labute approximate surface area is 65.4 Å². The molecule has 0 aromatic heterocycles. The van der Waals surface area contributed by atoms with Crippen LogP contribution in [0.4, 0.5) is 0 Å². The molecule has 0 aliphatic heterocycles. The van der Waals surface area contributed by atoms with E-state index >= 15 is 0 Å². The van der Waals surface area contributed by atoms with Gasteiger partial charge in [0.2, 0.25) is 0 Å². The second-order valence-electron chi connectivity index (χ2n) is 2.98. The quantitative estimate of drug-likeness (QED) is 0.612. The number of hydrogen-bond acceptors (Lipinski definition) is 2. The first-order chi connectivity index (χ1) is 4.54. The fourth-order valence-corrected chi connectivity index (χ4v) is 0.667. The molecule has 2 N–H and O–H groups in total. The Kier molecular flexibility index (Phi) is 11.2. The van der Waals surface area contributed by atoms with Gasteiger partial charge in [-0.15, -0.1) is 0 Å². The second-order valence-corrected chi connectivity index (χ2v) is 2.98. The maximum absolute atomic E-state index is 3.31. The molecule has 0 heterocycles. The molecule has 10 heavy (non-hydrogen) atoms. The van der Waals surface area contributed by atoms with Gasteiger partial charge in [0.1, 0.15) is 0 Å². The van der Waals surface area contributed by atoms with Gasteiger partial charge in [0.25, 0.3) is 0 Å². The average molecular weight is 146 g/mol. The Bertz CT molecular complexity index is 45.2. The van der Waals surface area contributed by atoms with E-state index in [1.54, 1.807) is 0 Å². The van der Waals surface area contributed by atoms with Gasteiger partial charge in [-0.05, 0) is 14.1 Å². The molecule has 0 fully saturated rings. The van der Waals surface area contributed by atoms with Gasteiger partial charge in [-0.1, -0.05) is 27.7 Å². The zero-order valence-electron chi connectivity index (χ0n) is 8.15. The highest BCUT2D eigenvalue weighted by atomic mass is 14.9. The Morgan fingerprint density at radius 2 is 1.00 bits per heavy atom. The van der Waals surface area contributed by atoms with Crippen molar-refractivity contribution >= 4 is 0 Å². The van der Waals surface area contributed by atoms with Crippen LogP contribution < -0.4 is 10.6 Å². The lowest BCUT2D eigenvalue weighted by Gasteiger charge is -2.10. The number of nitrogens with one attached hydrogen (secondary N) is 2. The average Bonchev–Trinajstić information content (AvgIpc) is 1.62. The van der Waals surface area contributed by atoms with Crippen LogP contribution in [0.5, 0.6) is 0 Å². The van der Waals surface area contributed by atoms with Gasteiger partial charge in [0.15, 0.2) is 0 Å². The molecule has 0 rings (SSSR count). The summed E-state index contributed by atoms with van der Waals surface area (Å²) in [4.78, 5) is 0. The van der Waals surface area contributed by atoms with Gasteiger partial charge in [-0.3, -0.25) is 0 Å². The highest BCUT2D eigenvalue weighted by Crippen LogP contribution is 1.80. The molecule has 0 aromatic carbocycles. The maximum Gasteiger partial charge on any atom is 0.00127 e. The summed E-state index contributed by atoms with van der Waals surface area (Å²) in [7, 11) is 3.75. The van der Waals surface area contributed by atoms with E-state index in [0.717, 1.165) is 0 Å². The Balaban J connectivity index is 0. The van der Waals surface area contributed by atoms with Crippen molar-refractivity contribution in [2.24, 2.45) is 0 Å². The van der Waals surface area contributed by atoms with E-state index in [9.17, 15) is 0 Å². The predicted molar refractivity (Wildman–Crippen MR) is 48.4 cm³/mol. The molecule has 0 saturated heterocycles. The fraction of sp³-hybridized carbons (Fsp3) is 1.00. The highest BCUT2D eigenvalue weighted by Gasteiger charge is 1.92. The summed E-state index contributed by atoms with van der Waals surface area (Å²) < 4.78 is 0. The summed E-state index contributed by atoms with van der Waals surface area (Å²) in [6.45, 7) is 8.61. The molecule has 0 aliphatic rings. The minimum Gasteiger partial charge on any atom is -0.323 e. The molecule has 64 valence electrons. The van der Waals surface area contributed by atoms with Crippen LogP contribution in [0.25, 0.3) is 0 Å². The number of rotatable bonds is 2. The maximum atomic E-state index is 3.31. The predicted octanol–water partition coefficient (Wildman–Crippen LogP) is 1.23. The van der Waals surface area contributed by atoms with Crippen molar-refractivity contribution in [1.82, 2.24) is 10.6 Å². The summed E-state index contributed by atoms with van der Waals surface area (Å²) in [6.07, 6.45) is 0. The van der Waals surface area contributed by atoms with Crippen molar-refractivity contribution < 1.29 is 0 Å². The molecule has 0 saturated carbocycles. The van der Waals surface area contributed by atoms with Crippen LogP contribution in [-0.4, -0.2) is 26.2 Å². The first-order valence-corrected chi connectivity index (χ1v) is 3.89. The Morgan fingerprint density at radius 3 is 1.00 bits per heavy atom. The molecule has 0 bridgehead atoms. The molecule has 0 aliphatic carbocycles. The molecule has 0 aromatic rings. The minimum atomic E-state index is 0.625. The number of hydrogen-bond donors (Lipinski definition) is 2. The van der Waals surface area contributed by atoms with E-state index < -0.39 is 0 Å². The van der Waals surface area contributed by atoms with Crippen molar-refractivity contribution in [2.75, 3.05) is 14.1 Å². The molecular formula is C8H22N2. The lowest BCUT2D eigenvalue weighted by molar-refractivity contribution is 0.518. The standard InChI is InChI=1S/C6H15N.C2H7N/c1-5(2)7-6(3)4;1-3-2/h5-7H,1-4H3;3H,1-2H3. The van der Waals surface area contributed by atoms with Gasteiger partial charge in [-0.25, -0.2) is 0 Å². The van der Waals surface area contributed by atoms with Crippen molar-refractivity contribution in [3.63, 3.8) is 0 Å². The summed E-state index contributed by atoms with van der Waals surface area (Å²) in [5.74, 6) is 0. The lowest BCUT2D eigenvalue weighted by atomic mass is 10.3. The molecule has 0 atom stereocenters. The van der Waals surface area contributed by atoms with E-state index in [4.69, 9.17) is 0 Å². The van der Waals surface area contributed by atoms with E-state index in [-0.39, 0.29) is 0 Å². The van der Waals surface area contributed by atoms with Crippen LogP contribution >= 0.6 is 0 Å². The summed E-state index contributed by atoms with van der Waals surface area (Å²) in [5.41, 5.74) is 0. The monoisotopic (exact) mass is 146 g/mol. The summed E-state index contributed by atoms with van der Waals surface area (Å²) >= 11 is 0. The first-order valence-electron chi connectivity index (χ1n) is 3.89. The minimum absolute atomic E-state index is 0.625. The van der Waals surface area contributed by atoms with E-state index in [1.807, 2.05) is 14.1 Å². The fourth-order valence-electron chi connectivity index (χ4n) is 0.667. The zero-order valence-corrected chi connectivity index (χ0v) is 8.15. The van der Waals surface area contributed by atoms with Gasteiger partial charge in [0, 0.05) is 12.1 Å². The van der Waals surface area contributed by atoms with Crippen LogP contribution in [0, 0.1) is 0 Å². The highest BCUT2D eigenvalue weighted by molar-refractivity contribution is 4.55. The zero-order chi connectivity index (χ0) is 8.57. The molecule has 2 heteroatoms. The van der Waals surface area contributed by atoms with Crippen molar-refractivity contribution in [3.05, 3.63) is 0 Å². The third-order valence-corrected chi connectivity index (χ3v) is 0.667. The van der Waals surface area contributed by atoms with E-state index in [1.165, 1.54) is 0 Å². The van der Waals surface area contributed by atoms with Gasteiger partial charge in [0.05, 0.1) is 0 Å². The summed E-state index contributed by atoms with van der Waals surface area (Å²) in [6, 6.07) is 1.25. The van der Waals surface area contributed by atoms with Crippen LogP contribution in [-0.2, 0) is 0 Å². The van der Waals surface area contributed by atoms with Crippen molar-refractivity contribution in [3.8, 4) is 0 Å². The van der Waals surface area contributed by atoms with Crippen LogP contribution in [0.3, 0.4) is 0 Å². The van der Waals surface area contributed by atoms with Crippen LogP contribution in [0.2, 0.25) is 0 Å². The Morgan fingerprint density at radius 1 is 0.800 bits per heavy atom. The van der Waals surface area contributed by atoms with Crippen LogP contribution in [0.15, 0.2) is 0 Å². The smallest absolute Gasteiger partial charge is 0.00127 e. The first kappa shape index (κ1) is 12.6. The molecule has 0 amide bonds. The second kappa shape index (κ2) is 8.92. The van der Waals surface area contributed by atoms with Crippen molar-refractivity contribution in [2.45, 2.75) is 39.8 Å². The largest absolute Gasteiger partial charge is 0.323 e. The van der Waals surface area contributed by atoms with Crippen molar-refractivity contribution in [1.29, 1.82) is 0 Å². The third kappa shape index (κ3) is 24.7. The Hall–Kier alpha value is -0.0800. The van der Waals surface area contributed by atoms with E-state index in [2.05, 4.69) is 38.3 Å². The topological polar surface area (TPSA) is 24.1 Å². The normalized spacial score (nSPS) is 9.60. The lowest BCUT2D eigenvalue weighted by Crippen LogP contribution is -2.29. The van der Waals surface area contributed by atoms with Gasteiger partial charge >= 0.3 is 0 Å². The summed E-state index contributed by atoms with van der Waals surface area (Å²) in [5, 5.41) is 6.06. The molecule has 0 spiro atoms. The SMILES string of the molecule is CC(C)NC(C)C.CNC. The van der Waals surface area contributed by atoms with Crippen LogP contribution in [0.1, 0.15) is 27.7 Å². The third-order valence-electron chi connectivity index (χ3n) is 0.667. The van der Waals surface area contributed by atoms with Gasteiger partial charge < -0.3 is 10.6 Å². The van der Waals surface area contributed by atoms with E-state index in [0.29, 0.717) is 12.1 Å². The molecular weight excluding hydrogens is 124 g/mol.